The fraction of sp³-hybridized carbons (Fsp3) is 0.276. The summed E-state index contributed by atoms with van der Waals surface area (Å²) in [7, 11) is -3.99. The third-order valence-electron chi connectivity index (χ3n) is 5.68. The molecular weight excluding hydrogens is 579 g/mol. The van der Waals surface area contributed by atoms with Crippen molar-refractivity contribution in [1.82, 2.24) is 0 Å². The third kappa shape index (κ3) is 9.27. The molecule has 2 aromatic carbocycles. The Kier molecular flexibility index (Phi) is 14.9. The molecule has 0 unspecified atom stereocenters. The van der Waals surface area contributed by atoms with Gasteiger partial charge >= 0.3 is 0 Å². The highest BCUT2D eigenvalue weighted by atomic mass is 127. The molecule has 0 fully saturated rings. The number of benzene rings is 2. The number of carbonyl (C=O) groups is 1. The fourth-order valence-corrected chi connectivity index (χ4v) is 11.1. The van der Waals surface area contributed by atoms with E-state index in [0.717, 1.165) is 37.1 Å². The van der Waals surface area contributed by atoms with Crippen molar-refractivity contribution in [3.8, 4) is 0 Å². The standard InChI is InChI=1S/C15H20O2Si.C14H19IOSi/c1-4-11-18(12-5-2,17-6-3)15-9-7-14(13-16)8-10-15;1-4-11-17(12-5-2,16-6-3)14-9-7-13(15)8-10-14/h4-5,7-10,13H,1-2,6,11-12H2,3H3;4-5,7-10H,1-2,6,11-12H2,3H3. The number of rotatable bonds is 15. The van der Waals surface area contributed by atoms with Gasteiger partial charge in [0, 0.05) is 22.3 Å². The van der Waals surface area contributed by atoms with Crippen molar-refractivity contribution < 1.29 is 13.6 Å². The summed E-state index contributed by atoms with van der Waals surface area (Å²) in [6.45, 7) is 20.9. The Morgan fingerprint density at radius 1 is 0.686 bits per heavy atom. The maximum Gasteiger partial charge on any atom is 0.231 e. The number of allylic oxidation sites excluding steroid dienone is 4. The van der Waals surface area contributed by atoms with Crippen molar-refractivity contribution in [1.29, 1.82) is 0 Å². The fourth-order valence-electron chi connectivity index (χ4n) is 4.14. The van der Waals surface area contributed by atoms with Crippen LogP contribution in [0.5, 0.6) is 0 Å². The highest BCUT2D eigenvalue weighted by molar-refractivity contribution is 14.1. The molecule has 0 aliphatic heterocycles. The average Bonchev–Trinajstić information content (AvgIpc) is 2.86. The van der Waals surface area contributed by atoms with Crippen molar-refractivity contribution in [2.24, 2.45) is 0 Å². The van der Waals surface area contributed by atoms with Crippen LogP contribution < -0.4 is 10.4 Å². The van der Waals surface area contributed by atoms with Crippen LogP contribution in [0.4, 0.5) is 0 Å². The van der Waals surface area contributed by atoms with Crippen LogP contribution in [-0.2, 0) is 8.85 Å². The summed E-state index contributed by atoms with van der Waals surface area (Å²) in [5, 5.41) is 2.52. The van der Waals surface area contributed by atoms with E-state index in [-0.39, 0.29) is 0 Å². The molecule has 0 amide bonds. The Morgan fingerprint density at radius 2 is 1.03 bits per heavy atom. The monoisotopic (exact) mass is 618 g/mol. The molecule has 0 saturated carbocycles. The molecule has 0 spiro atoms. The summed E-state index contributed by atoms with van der Waals surface area (Å²) >= 11 is 2.32. The molecule has 0 N–H and O–H groups in total. The number of carbonyl (C=O) groups excluding carboxylic acids is 1. The zero-order valence-electron chi connectivity index (χ0n) is 21.2. The lowest BCUT2D eigenvalue weighted by Crippen LogP contribution is -2.50. The van der Waals surface area contributed by atoms with E-state index in [1.54, 1.807) is 0 Å². The molecule has 188 valence electrons. The molecule has 0 aliphatic carbocycles. The van der Waals surface area contributed by atoms with Gasteiger partial charge in [-0.1, -0.05) is 60.7 Å². The molecule has 0 radical (unpaired) electrons. The van der Waals surface area contributed by atoms with Gasteiger partial charge in [0.25, 0.3) is 0 Å². The number of hydrogen-bond acceptors (Lipinski definition) is 3. The quantitative estimate of drug-likeness (QED) is 0.0942. The first kappa shape index (κ1) is 31.2. The number of hydrogen-bond donors (Lipinski definition) is 0. The summed E-state index contributed by atoms with van der Waals surface area (Å²) in [6.07, 6.45) is 8.64. The Bertz CT molecular complexity index is 919. The van der Waals surface area contributed by atoms with Crippen LogP contribution >= 0.6 is 22.6 Å². The van der Waals surface area contributed by atoms with Gasteiger partial charge in [0.05, 0.1) is 0 Å². The van der Waals surface area contributed by atoms with Gasteiger partial charge in [-0.2, -0.15) is 0 Å². The van der Waals surface area contributed by atoms with Crippen LogP contribution in [-0.4, -0.2) is 36.1 Å². The van der Waals surface area contributed by atoms with Gasteiger partial charge in [-0.15, -0.1) is 26.3 Å². The maximum atomic E-state index is 10.7. The van der Waals surface area contributed by atoms with Gasteiger partial charge in [0.1, 0.15) is 6.29 Å². The zero-order chi connectivity index (χ0) is 26.2. The van der Waals surface area contributed by atoms with Crippen LogP contribution in [0.2, 0.25) is 24.2 Å². The predicted octanol–water partition coefficient (Wildman–Crippen LogP) is 6.91. The number of halogens is 1. The lowest BCUT2D eigenvalue weighted by atomic mass is 10.2. The molecule has 3 nitrogen and oxygen atoms in total. The second-order valence-electron chi connectivity index (χ2n) is 8.07. The zero-order valence-corrected chi connectivity index (χ0v) is 25.3. The third-order valence-corrected chi connectivity index (χ3v) is 14.6. The van der Waals surface area contributed by atoms with Crippen LogP contribution in [0.1, 0.15) is 24.2 Å². The van der Waals surface area contributed by atoms with Crippen molar-refractivity contribution >= 4 is 55.9 Å². The van der Waals surface area contributed by atoms with Crippen molar-refractivity contribution in [3.63, 3.8) is 0 Å². The average molecular weight is 619 g/mol. The Labute approximate surface area is 228 Å². The second-order valence-corrected chi connectivity index (χ2v) is 16.7. The van der Waals surface area contributed by atoms with Crippen LogP contribution in [0.3, 0.4) is 0 Å². The van der Waals surface area contributed by atoms with E-state index in [4.69, 9.17) is 8.85 Å². The first-order chi connectivity index (χ1) is 16.9. The van der Waals surface area contributed by atoms with E-state index in [9.17, 15) is 4.79 Å². The molecular formula is C29H39IO3Si2. The van der Waals surface area contributed by atoms with Gasteiger partial charge in [-0.25, -0.2) is 0 Å². The molecule has 0 bridgehead atoms. The predicted molar refractivity (Wildman–Crippen MR) is 165 cm³/mol. The summed E-state index contributed by atoms with van der Waals surface area (Å²) in [6, 6.07) is 19.9. The van der Waals surface area contributed by atoms with E-state index in [1.807, 2.05) is 55.5 Å². The molecule has 2 aromatic rings. The van der Waals surface area contributed by atoms with Gasteiger partial charge in [0.2, 0.25) is 16.6 Å². The maximum absolute atomic E-state index is 10.7. The Morgan fingerprint density at radius 3 is 1.31 bits per heavy atom. The molecule has 0 aliphatic rings. The van der Waals surface area contributed by atoms with Crippen molar-refractivity contribution in [2.75, 3.05) is 13.2 Å². The van der Waals surface area contributed by atoms with Gasteiger partial charge < -0.3 is 8.85 Å². The SMILES string of the molecule is C=CC[Si](CC=C)(OCC)c1ccc(C=O)cc1.C=CC[Si](CC=C)(OCC)c1ccc(I)cc1. The van der Waals surface area contributed by atoms with Crippen molar-refractivity contribution in [3.05, 3.63) is 108 Å². The molecule has 2 rings (SSSR count). The van der Waals surface area contributed by atoms with Crippen LogP contribution in [0.25, 0.3) is 0 Å². The van der Waals surface area contributed by atoms with Gasteiger partial charge in [-0.3, -0.25) is 4.79 Å². The molecule has 35 heavy (non-hydrogen) atoms. The molecule has 0 saturated heterocycles. The van der Waals surface area contributed by atoms with Gasteiger partial charge in [-0.05, 0) is 83.1 Å². The minimum Gasteiger partial charge on any atom is -0.412 e. The van der Waals surface area contributed by atoms with Crippen molar-refractivity contribution in [2.45, 2.75) is 38.0 Å². The molecule has 0 heterocycles. The molecule has 0 aromatic heterocycles. The minimum absolute atomic E-state index is 0.684. The lowest BCUT2D eigenvalue weighted by molar-refractivity contribution is 0.112. The minimum atomic E-state index is -2.06. The summed E-state index contributed by atoms with van der Waals surface area (Å²) < 4.78 is 13.5. The largest absolute Gasteiger partial charge is 0.412 e. The van der Waals surface area contributed by atoms with E-state index in [0.29, 0.717) is 12.2 Å². The first-order valence-corrected chi connectivity index (χ1v) is 17.7. The van der Waals surface area contributed by atoms with E-state index in [2.05, 4.69) is 80.1 Å². The molecule has 6 heteroatoms. The summed E-state index contributed by atoms with van der Waals surface area (Å²) in [5.41, 5.74) is 0.690. The van der Waals surface area contributed by atoms with Gasteiger partial charge in [0.15, 0.2) is 0 Å². The van der Waals surface area contributed by atoms with E-state index in [1.165, 1.54) is 13.9 Å². The summed E-state index contributed by atoms with van der Waals surface area (Å²) in [5.74, 6) is 0. The van der Waals surface area contributed by atoms with E-state index < -0.39 is 16.6 Å². The highest BCUT2D eigenvalue weighted by Crippen LogP contribution is 2.20. The summed E-state index contributed by atoms with van der Waals surface area (Å²) in [4.78, 5) is 10.7. The molecule has 0 atom stereocenters. The number of aldehydes is 1. The first-order valence-electron chi connectivity index (χ1n) is 11.9. The lowest BCUT2D eigenvalue weighted by Gasteiger charge is -2.29. The normalized spacial score (nSPS) is 11.1. The highest BCUT2D eigenvalue weighted by Gasteiger charge is 2.35. The second kappa shape index (κ2) is 16.8. The topological polar surface area (TPSA) is 35.5 Å². The smallest absolute Gasteiger partial charge is 0.231 e. The Balaban J connectivity index is 0.000000351. The Hall–Kier alpha value is -1.85. The van der Waals surface area contributed by atoms with Crippen LogP contribution in [0, 0.1) is 3.57 Å². The van der Waals surface area contributed by atoms with Crippen LogP contribution in [0.15, 0.2) is 99.2 Å². The van der Waals surface area contributed by atoms with E-state index >= 15 is 0 Å².